The van der Waals surface area contributed by atoms with Crippen molar-refractivity contribution in [2.24, 2.45) is 12.8 Å². The third-order valence-corrected chi connectivity index (χ3v) is 5.86. The van der Waals surface area contributed by atoms with Gasteiger partial charge in [0.1, 0.15) is 0 Å². The molecule has 2 aromatic heterocycles. The largest absolute Gasteiger partial charge is 0.366 e. The lowest BCUT2D eigenvalue weighted by atomic mass is 9.95. The maximum absolute atomic E-state index is 13.1. The van der Waals surface area contributed by atoms with Crippen LogP contribution in [-0.4, -0.2) is 58.4 Å². The molecule has 1 atom stereocenters. The smallest absolute Gasteiger partial charge is 0.255 e. The van der Waals surface area contributed by atoms with Crippen LogP contribution < -0.4 is 16.2 Å². The van der Waals surface area contributed by atoms with Crippen LogP contribution >= 0.6 is 0 Å². The highest BCUT2D eigenvalue weighted by molar-refractivity contribution is 5.95. The van der Waals surface area contributed by atoms with Gasteiger partial charge in [0.25, 0.3) is 5.91 Å². The summed E-state index contributed by atoms with van der Waals surface area (Å²) in [5, 5.41) is 0. The predicted molar refractivity (Wildman–Crippen MR) is 125 cm³/mol. The molecule has 1 fully saturated rings. The first-order valence-corrected chi connectivity index (χ1v) is 10.6. The van der Waals surface area contributed by atoms with Gasteiger partial charge in [-0.25, -0.2) is 9.97 Å². The number of anilines is 1. The first kappa shape index (κ1) is 22.2. The normalized spacial score (nSPS) is 15.5. The maximum atomic E-state index is 13.1. The number of pyridine rings is 1. The topological polar surface area (TPSA) is 114 Å². The lowest BCUT2D eigenvalue weighted by Gasteiger charge is -2.20. The fourth-order valence-corrected chi connectivity index (χ4v) is 4.05. The number of carbonyl (C=O) groups excluding carboxylic acids is 2. The van der Waals surface area contributed by atoms with E-state index in [1.54, 1.807) is 48.6 Å². The Hall–Kier alpha value is -4.01. The van der Waals surface area contributed by atoms with Crippen LogP contribution in [0.2, 0.25) is 0 Å². The third kappa shape index (κ3) is 4.48. The fourth-order valence-electron chi connectivity index (χ4n) is 4.05. The monoisotopic (exact) mass is 446 g/mol. The van der Waals surface area contributed by atoms with Gasteiger partial charge in [-0.15, -0.1) is 0 Å². The van der Waals surface area contributed by atoms with Crippen molar-refractivity contribution in [1.82, 2.24) is 19.4 Å². The summed E-state index contributed by atoms with van der Waals surface area (Å²) < 4.78 is 1.40. The second-order valence-corrected chi connectivity index (χ2v) is 8.41. The summed E-state index contributed by atoms with van der Waals surface area (Å²) in [6, 6.07) is 10.0. The molecule has 170 valence electrons. The molecular weight excluding hydrogens is 420 g/mol. The van der Waals surface area contributed by atoms with Crippen molar-refractivity contribution in [2.45, 2.75) is 12.3 Å². The molecule has 33 heavy (non-hydrogen) atoms. The van der Waals surface area contributed by atoms with E-state index in [9.17, 15) is 14.4 Å². The van der Waals surface area contributed by atoms with Gasteiger partial charge in [-0.3, -0.25) is 14.4 Å². The van der Waals surface area contributed by atoms with Crippen LogP contribution in [0.15, 0.2) is 53.6 Å². The molecule has 9 heteroatoms. The van der Waals surface area contributed by atoms with Gasteiger partial charge in [0, 0.05) is 69.7 Å². The van der Waals surface area contributed by atoms with E-state index in [1.807, 2.05) is 25.1 Å². The molecule has 0 aliphatic carbocycles. The highest BCUT2D eigenvalue weighted by Gasteiger charge is 2.31. The van der Waals surface area contributed by atoms with Crippen LogP contribution in [0.25, 0.3) is 11.1 Å². The molecule has 0 saturated carbocycles. The number of carbonyl (C=O) groups is 2. The van der Waals surface area contributed by atoms with Gasteiger partial charge in [-0.2, -0.15) is 0 Å². The lowest BCUT2D eigenvalue weighted by Crippen LogP contribution is -2.30. The van der Waals surface area contributed by atoms with Gasteiger partial charge < -0.3 is 20.1 Å². The van der Waals surface area contributed by atoms with Crippen LogP contribution in [0.4, 0.5) is 5.95 Å². The average Bonchev–Trinajstić information content (AvgIpc) is 3.30. The van der Waals surface area contributed by atoms with E-state index >= 15 is 0 Å². The Labute approximate surface area is 191 Å². The number of aryl methyl sites for hydroxylation is 1. The maximum Gasteiger partial charge on any atom is 0.255 e. The minimum absolute atomic E-state index is 0.00424. The molecule has 1 aromatic carbocycles. The molecule has 9 nitrogen and oxygen atoms in total. The number of nitrogens with zero attached hydrogens (tertiary/aromatic N) is 5. The Balaban J connectivity index is 1.68. The number of benzene rings is 1. The Kier molecular flexibility index (Phi) is 5.95. The first-order valence-electron chi connectivity index (χ1n) is 10.6. The zero-order valence-corrected chi connectivity index (χ0v) is 18.9. The number of hydrogen-bond donors (Lipinski definition) is 1. The van der Waals surface area contributed by atoms with Crippen LogP contribution in [0.1, 0.15) is 38.7 Å². The number of amides is 2. The van der Waals surface area contributed by atoms with Crippen LogP contribution in [0.3, 0.4) is 0 Å². The van der Waals surface area contributed by atoms with Crippen molar-refractivity contribution < 1.29 is 9.59 Å². The standard InChI is InChI=1S/C24H26N6O3/c1-28(2)24-26-12-19(15-5-4-6-16(11-15)22(25)32)21(27-24)17-9-10-30(14-17)23(33)18-7-8-20(31)29(3)13-18/h4-8,11-13,17H,9-10,14H2,1-3H3,(H2,25,32)/t17-/m0/s1. The van der Waals surface area contributed by atoms with E-state index in [1.165, 1.54) is 10.6 Å². The SMILES string of the molecule is CN(C)c1ncc(-c2cccc(C(N)=O)c2)c([C@H]2CCN(C(=O)c3ccc(=O)n(C)c3)C2)n1. The quantitative estimate of drug-likeness (QED) is 0.637. The van der Waals surface area contributed by atoms with Gasteiger partial charge in [0.05, 0.1) is 11.3 Å². The van der Waals surface area contributed by atoms with Crippen LogP contribution in [-0.2, 0) is 7.05 Å². The number of primary amides is 1. The molecule has 0 spiro atoms. The molecule has 0 unspecified atom stereocenters. The Bertz CT molecular complexity index is 1280. The molecule has 3 aromatic rings. The number of aromatic nitrogens is 3. The van der Waals surface area contributed by atoms with Crippen molar-refractivity contribution in [2.75, 3.05) is 32.1 Å². The van der Waals surface area contributed by atoms with E-state index in [-0.39, 0.29) is 17.4 Å². The molecule has 4 rings (SSSR count). The van der Waals surface area contributed by atoms with Gasteiger partial charge in [-0.05, 0) is 30.2 Å². The molecular formula is C24H26N6O3. The minimum Gasteiger partial charge on any atom is -0.366 e. The summed E-state index contributed by atoms with van der Waals surface area (Å²) >= 11 is 0. The van der Waals surface area contributed by atoms with Crippen molar-refractivity contribution in [1.29, 1.82) is 0 Å². The molecule has 1 aliphatic rings. The van der Waals surface area contributed by atoms with Crippen molar-refractivity contribution in [3.8, 4) is 11.1 Å². The van der Waals surface area contributed by atoms with Gasteiger partial charge >= 0.3 is 0 Å². The molecule has 2 N–H and O–H groups in total. The summed E-state index contributed by atoms with van der Waals surface area (Å²) in [5.74, 6) is -0.0514. The number of hydrogen-bond acceptors (Lipinski definition) is 6. The lowest BCUT2D eigenvalue weighted by molar-refractivity contribution is 0.0789. The molecule has 0 bridgehead atoms. The number of rotatable bonds is 5. The van der Waals surface area contributed by atoms with E-state index in [4.69, 9.17) is 10.7 Å². The van der Waals surface area contributed by atoms with Gasteiger partial charge in [0.2, 0.25) is 17.4 Å². The highest BCUT2D eigenvalue weighted by Crippen LogP contribution is 2.34. The zero-order chi connectivity index (χ0) is 23.7. The Morgan fingerprint density at radius 1 is 1.15 bits per heavy atom. The average molecular weight is 447 g/mol. The summed E-state index contributed by atoms with van der Waals surface area (Å²) in [6.45, 7) is 1.07. The van der Waals surface area contributed by atoms with Gasteiger partial charge in [0.15, 0.2) is 0 Å². The van der Waals surface area contributed by atoms with E-state index in [0.29, 0.717) is 30.2 Å². The second-order valence-electron chi connectivity index (χ2n) is 8.41. The summed E-state index contributed by atoms with van der Waals surface area (Å²) in [4.78, 5) is 49.3. The molecule has 3 heterocycles. The highest BCUT2D eigenvalue weighted by atomic mass is 16.2. The first-order chi connectivity index (χ1) is 15.7. The van der Waals surface area contributed by atoms with E-state index in [2.05, 4.69) is 4.98 Å². The number of nitrogens with two attached hydrogens (primary N) is 1. The van der Waals surface area contributed by atoms with Crippen molar-refractivity contribution in [3.63, 3.8) is 0 Å². The Morgan fingerprint density at radius 2 is 1.94 bits per heavy atom. The molecule has 1 aliphatic heterocycles. The van der Waals surface area contributed by atoms with Crippen molar-refractivity contribution >= 4 is 17.8 Å². The van der Waals surface area contributed by atoms with Gasteiger partial charge in [-0.1, -0.05) is 12.1 Å². The molecule has 0 radical (unpaired) electrons. The van der Waals surface area contributed by atoms with Crippen LogP contribution in [0.5, 0.6) is 0 Å². The Morgan fingerprint density at radius 3 is 2.64 bits per heavy atom. The summed E-state index contributed by atoms with van der Waals surface area (Å²) in [6.07, 6.45) is 4.06. The second kappa shape index (κ2) is 8.85. The molecule has 1 saturated heterocycles. The van der Waals surface area contributed by atoms with E-state index < -0.39 is 5.91 Å². The number of likely N-dealkylation sites (tertiary alicyclic amines) is 1. The summed E-state index contributed by atoms with van der Waals surface area (Å²) in [5.41, 5.74) is 8.63. The summed E-state index contributed by atoms with van der Waals surface area (Å²) in [7, 11) is 5.37. The molecule has 2 amide bonds. The van der Waals surface area contributed by atoms with Crippen molar-refractivity contribution in [3.05, 3.63) is 76.0 Å². The zero-order valence-electron chi connectivity index (χ0n) is 18.9. The predicted octanol–water partition coefficient (Wildman–Crippen LogP) is 1.64. The van der Waals surface area contributed by atoms with Crippen LogP contribution in [0, 0.1) is 0 Å². The fraction of sp³-hybridized carbons (Fsp3) is 0.292. The third-order valence-electron chi connectivity index (χ3n) is 5.86. The van der Waals surface area contributed by atoms with E-state index in [0.717, 1.165) is 23.2 Å². The minimum atomic E-state index is -0.501.